The van der Waals surface area contributed by atoms with Crippen LogP contribution in [0.5, 0.6) is 0 Å². The highest BCUT2D eigenvalue weighted by Gasteiger charge is 2.11. The molecule has 0 aliphatic carbocycles. The van der Waals surface area contributed by atoms with Crippen LogP contribution in [0, 0.1) is 15.9 Å². The Kier molecular flexibility index (Phi) is 5.56. The minimum atomic E-state index is -0.591. The number of hydrogen-bond donors (Lipinski definition) is 1. The van der Waals surface area contributed by atoms with Gasteiger partial charge in [-0.05, 0) is 25.1 Å². The lowest BCUT2D eigenvalue weighted by atomic mass is 10.1. The lowest BCUT2D eigenvalue weighted by Crippen LogP contribution is -2.13. The lowest BCUT2D eigenvalue weighted by Gasteiger charge is -2.09. The summed E-state index contributed by atoms with van der Waals surface area (Å²) in [6.45, 7) is 1.64. The van der Waals surface area contributed by atoms with E-state index < -0.39 is 22.8 Å². The second-order valence-electron chi connectivity index (χ2n) is 4.83. The van der Waals surface area contributed by atoms with Crippen molar-refractivity contribution in [2.24, 2.45) is 5.16 Å². The molecule has 2 aromatic carbocycles. The average Bonchev–Trinajstić information content (AvgIpc) is 2.54. The third-order valence-electron chi connectivity index (χ3n) is 3.03. The van der Waals surface area contributed by atoms with Gasteiger partial charge in [0.05, 0.1) is 4.92 Å². The van der Waals surface area contributed by atoms with Crippen molar-refractivity contribution in [1.29, 1.82) is 0 Å². The molecule has 0 spiro atoms. The van der Waals surface area contributed by atoms with Crippen LogP contribution in [-0.2, 0) is 9.63 Å². The number of rotatable bonds is 6. The van der Waals surface area contributed by atoms with Gasteiger partial charge in [-0.15, -0.1) is 0 Å². The molecule has 7 nitrogen and oxygen atoms in total. The van der Waals surface area contributed by atoms with Gasteiger partial charge in [0.15, 0.2) is 0 Å². The van der Waals surface area contributed by atoms with Gasteiger partial charge in [-0.2, -0.15) is 0 Å². The van der Waals surface area contributed by atoms with Crippen molar-refractivity contribution in [3.8, 4) is 0 Å². The highest BCUT2D eigenvalue weighted by atomic mass is 19.1. The summed E-state index contributed by atoms with van der Waals surface area (Å²) in [6.07, 6.45) is 0.321. The maximum absolute atomic E-state index is 13.0. The number of nitro groups is 1. The first-order valence-corrected chi connectivity index (χ1v) is 6.96. The Hall–Kier alpha value is -3.29. The number of carbonyl (C=O) groups is 1. The number of nitro benzene ring substituents is 1. The number of non-ortho nitro benzene ring substituents is 1. The van der Waals surface area contributed by atoms with E-state index in [-0.39, 0.29) is 11.4 Å². The standard InChI is InChI=1S/C16H14FN3O4/c1-11(12-4-2-7-15(8-12)20(22)23)24-18-10-16(21)19-14-6-3-5-13(17)9-14/h2-11H,1H3,(H,19,21)/b18-10+. The predicted octanol–water partition coefficient (Wildman–Crippen LogP) is 3.44. The monoisotopic (exact) mass is 331 g/mol. The van der Waals surface area contributed by atoms with Gasteiger partial charge in [0.2, 0.25) is 0 Å². The first-order chi connectivity index (χ1) is 11.5. The highest BCUT2D eigenvalue weighted by Crippen LogP contribution is 2.21. The summed E-state index contributed by atoms with van der Waals surface area (Å²) in [6, 6.07) is 11.3. The minimum absolute atomic E-state index is 0.0595. The maximum Gasteiger partial charge on any atom is 0.270 e. The third-order valence-corrected chi connectivity index (χ3v) is 3.03. The summed E-state index contributed by atoms with van der Waals surface area (Å²) in [7, 11) is 0. The molecular formula is C16H14FN3O4. The van der Waals surface area contributed by atoms with Gasteiger partial charge in [0.25, 0.3) is 11.6 Å². The summed E-state index contributed by atoms with van der Waals surface area (Å²) >= 11 is 0. The molecule has 0 aliphatic heterocycles. The lowest BCUT2D eigenvalue weighted by molar-refractivity contribution is -0.385. The molecule has 1 amide bonds. The first kappa shape index (κ1) is 17.1. The van der Waals surface area contributed by atoms with Crippen LogP contribution in [0.25, 0.3) is 0 Å². The van der Waals surface area contributed by atoms with Crippen LogP contribution in [0.2, 0.25) is 0 Å². The topological polar surface area (TPSA) is 93.8 Å². The molecule has 2 aromatic rings. The quantitative estimate of drug-likeness (QED) is 0.498. The number of anilines is 1. The summed E-state index contributed by atoms with van der Waals surface area (Å²) in [5, 5.41) is 16.7. The van der Waals surface area contributed by atoms with E-state index >= 15 is 0 Å². The predicted molar refractivity (Wildman–Crippen MR) is 86.1 cm³/mol. The zero-order valence-electron chi connectivity index (χ0n) is 12.7. The van der Waals surface area contributed by atoms with Crippen LogP contribution < -0.4 is 5.32 Å². The van der Waals surface area contributed by atoms with Crippen LogP contribution in [0.15, 0.2) is 53.7 Å². The number of halogens is 1. The molecule has 1 N–H and O–H groups in total. The van der Waals surface area contributed by atoms with Crippen molar-refractivity contribution in [3.63, 3.8) is 0 Å². The zero-order valence-corrected chi connectivity index (χ0v) is 12.7. The molecular weight excluding hydrogens is 317 g/mol. The first-order valence-electron chi connectivity index (χ1n) is 6.96. The van der Waals surface area contributed by atoms with Crippen LogP contribution in [0.1, 0.15) is 18.6 Å². The van der Waals surface area contributed by atoms with Gasteiger partial charge >= 0.3 is 0 Å². The molecule has 0 aliphatic rings. The van der Waals surface area contributed by atoms with Crippen LogP contribution in [0.3, 0.4) is 0 Å². The molecule has 0 bridgehead atoms. The van der Waals surface area contributed by atoms with Gasteiger partial charge in [-0.3, -0.25) is 14.9 Å². The number of oxime groups is 1. The molecule has 24 heavy (non-hydrogen) atoms. The Morgan fingerprint density at radius 1 is 1.33 bits per heavy atom. The van der Waals surface area contributed by atoms with Crippen LogP contribution >= 0.6 is 0 Å². The fraction of sp³-hybridized carbons (Fsp3) is 0.125. The summed E-state index contributed by atoms with van der Waals surface area (Å²) < 4.78 is 13.0. The van der Waals surface area contributed by atoms with Gasteiger partial charge in [-0.25, -0.2) is 4.39 Å². The number of amides is 1. The molecule has 1 atom stereocenters. The molecule has 124 valence electrons. The van der Waals surface area contributed by atoms with E-state index in [0.29, 0.717) is 5.56 Å². The Balaban J connectivity index is 1.92. The average molecular weight is 331 g/mol. The molecule has 0 saturated carbocycles. The molecule has 0 aromatic heterocycles. The fourth-order valence-electron chi connectivity index (χ4n) is 1.86. The maximum atomic E-state index is 13.0. The fourth-order valence-corrected chi connectivity index (χ4v) is 1.86. The van der Waals surface area contributed by atoms with E-state index in [9.17, 15) is 19.3 Å². The van der Waals surface area contributed by atoms with Gasteiger partial charge in [0.1, 0.15) is 18.1 Å². The number of nitrogens with zero attached hydrogens (tertiary/aromatic N) is 2. The Bertz CT molecular complexity index is 779. The molecule has 0 saturated heterocycles. The van der Waals surface area contributed by atoms with Crippen LogP contribution in [0.4, 0.5) is 15.8 Å². The Labute approximate surface area is 136 Å². The highest BCUT2D eigenvalue weighted by molar-refractivity contribution is 6.31. The second-order valence-corrected chi connectivity index (χ2v) is 4.83. The number of hydrogen-bond acceptors (Lipinski definition) is 5. The zero-order chi connectivity index (χ0) is 17.5. The Morgan fingerprint density at radius 2 is 2.08 bits per heavy atom. The van der Waals surface area contributed by atoms with E-state index in [0.717, 1.165) is 6.21 Å². The molecule has 0 fully saturated rings. The smallest absolute Gasteiger partial charge is 0.270 e. The summed E-state index contributed by atoms with van der Waals surface area (Å²) in [5.41, 5.74) is 0.779. The summed E-state index contributed by atoms with van der Waals surface area (Å²) in [5.74, 6) is -1.06. The van der Waals surface area contributed by atoms with E-state index in [4.69, 9.17) is 4.84 Å². The van der Waals surface area contributed by atoms with Crippen molar-refractivity contribution in [2.75, 3.05) is 5.32 Å². The molecule has 0 radical (unpaired) electrons. The SMILES string of the molecule is CC(O/N=C/C(=O)Nc1cccc(F)c1)c1cccc([N+](=O)[O-])c1. The summed E-state index contributed by atoms with van der Waals surface area (Å²) in [4.78, 5) is 27.0. The van der Waals surface area contributed by atoms with Crippen molar-refractivity contribution in [3.05, 3.63) is 70.0 Å². The van der Waals surface area contributed by atoms with Gasteiger partial charge in [0, 0.05) is 23.4 Å². The normalized spacial score (nSPS) is 11.9. The number of carbonyl (C=O) groups excluding carboxylic acids is 1. The third kappa shape index (κ3) is 4.87. The minimum Gasteiger partial charge on any atom is -0.388 e. The molecule has 2 rings (SSSR count). The van der Waals surface area contributed by atoms with Crippen LogP contribution in [-0.4, -0.2) is 17.0 Å². The van der Waals surface area contributed by atoms with E-state index in [1.807, 2.05) is 0 Å². The molecule has 1 unspecified atom stereocenters. The van der Waals surface area contributed by atoms with E-state index in [2.05, 4.69) is 10.5 Å². The molecule has 0 heterocycles. The van der Waals surface area contributed by atoms with E-state index in [1.54, 1.807) is 13.0 Å². The molecule has 8 heteroatoms. The second kappa shape index (κ2) is 7.82. The van der Waals surface area contributed by atoms with Crippen molar-refractivity contribution < 1.29 is 18.9 Å². The van der Waals surface area contributed by atoms with Crippen molar-refractivity contribution >= 4 is 23.5 Å². The number of benzene rings is 2. The largest absolute Gasteiger partial charge is 0.388 e. The van der Waals surface area contributed by atoms with Crippen molar-refractivity contribution in [1.82, 2.24) is 0 Å². The van der Waals surface area contributed by atoms with Gasteiger partial charge in [-0.1, -0.05) is 23.4 Å². The number of nitrogens with one attached hydrogen (secondary N) is 1. The van der Waals surface area contributed by atoms with Crippen molar-refractivity contribution in [2.45, 2.75) is 13.0 Å². The Morgan fingerprint density at radius 3 is 2.79 bits per heavy atom. The van der Waals surface area contributed by atoms with Gasteiger partial charge < -0.3 is 10.2 Å². The van der Waals surface area contributed by atoms with E-state index in [1.165, 1.54) is 42.5 Å².